The van der Waals surface area contributed by atoms with E-state index in [4.69, 9.17) is 16.3 Å². The quantitative estimate of drug-likeness (QED) is 0.460. The Morgan fingerprint density at radius 2 is 1.69 bits per heavy atom. The Hall–Kier alpha value is -2.53. The highest BCUT2D eigenvalue weighted by molar-refractivity contribution is 6.32. The molecule has 0 aliphatic heterocycles. The number of nitrogens with zero attached hydrogens (tertiary/aromatic N) is 1. The lowest BCUT2D eigenvalue weighted by Crippen LogP contribution is -2.50. The van der Waals surface area contributed by atoms with Crippen molar-refractivity contribution < 1.29 is 14.3 Å². The molecule has 5 nitrogen and oxygen atoms in total. The third-order valence-corrected chi connectivity index (χ3v) is 6.06. The van der Waals surface area contributed by atoms with Gasteiger partial charge in [-0.25, -0.2) is 0 Å². The Bertz CT molecular complexity index is 889. The second-order valence-corrected chi connectivity index (χ2v) is 8.61. The zero-order valence-corrected chi connectivity index (χ0v) is 20.6. The van der Waals surface area contributed by atoms with Crippen LogP contribution in [0.15, 0.2) is 36.4 Å². The molecule has 0 aliphatic rings. The lowest BCUT2D eigenvalue weighted by Gasteiger charge is -2.30. The molecule has 1 unspecified atom stereocenters. The Labute approximate surface area is 197 Å². The summed E-state index contributed by atoms with van der Waals surface area (Å²) in [5.74, 6) is 0.237. The van der Waals surface area contributed by atoms with Gasteiger partial charge in [-0.15, -0.1) is 0 Å². The predicted molar refractivity (Wildman–Crippen MR) is 130 cm³/mol. The Morgan fingerprint density at radius 1 is 1.06 bits per heavy atom. The Kier molecular flexibility index (Phi) is 10.0. The van der Waals surface area contributed by atoms with Crippen molar-refractivity contribution in [2.75, 3.05) is 13.2 Å². The zero-order valence-electron chi connectivity index (χ0n) is 19.8. The fourth-order valence-electron chi connectivity index (χ4n) is 3.53. The van der Waals surface area contributed by atoms with E-state index < -0.39 is 6.04 Å². The molecule has 0 fully saturated rings. The number of nitrogens with one attached hydrogen (secondary N) is 1. The van der Waals surface area contributed by atoms with Crippen LogP contribution in [0.4, 0.5) is 0 Å². The summed E-state index contributed by atoms with van der Waals surface area (Å²) >= 11 is 6.24. The van der Waals surface area contributed by atoms with E-state index in [1.807, 2.05) is 64.1 Å². The molecule has 2 amide bonds. The van der Waals surface area contributed by atoms with Crippen LogP contribution in [0, 0.1) is 20.8 Å². The second-order valence-electron chi connectivity index (χ2n) is 8.24. The van der Waals surface area contributed by atoms with Gasteiger partial charge in [0.05, 0.1) is 0 Å². The van der Waals surface area contributed by atoms with Gasteiger partial charge in [0.25, 0.3) is 5.91 Å². The van der Waals surface area contributed by atoms with Crippen molar-refractivity contribution in [3.8, 4) is 5.75 Å². The molecular formula is C26H35ClN2O3. The molecule has 0 aliphatic carbocycles. The largest absolute Gasteiger partial charge is 0.484 e. The molecule has 0 radical (unpaired) electrons. The normalized spacial score (nSPS) is 11.7. The van der Waals surface area contributed by atoms with E-state index in [0.29, 0.717) is 30.3 Å². The molecule has 0 spiro atoms. The average Bonchev–Trinajstić information content (AvgIpc) is 2.77. The number of benzene rings is 2. The van der Waals surface area contributed by atoms with Crippen LogP contribution >= 0.6 is 11.6 Å². The Balaban J connectivity index is 2.20. The summed E-state index contributed by atoms with van der Waals surface area (Å²) in [5.41, 5.74) is 3.91. The number of hydrogen-bond donors (Lipinski definition) is 1. The van der Waals surface area contributed by atoms with Crippen molar-refractivity contribution in [2.45, 2.75) is 66.5 Å². The predicted octanol–water partition coefficient (Wildman–Crippen LogP) is 5.37. The number of carbonyl (C=O) groups excluding carboxylic acids is 2. The van der Waals surface area contributed by atoms with Crippen molar-refractivity contribution in [2.24, 2.45) is 0 Å². The molecule has 1 N–H and O–H groups in total. The van der Waals surface area contributed by atoms with E-state index in [0.717, 1.165) is 35.1 Å². The summed E-state index contributed by atoms with van der Waals surface area (Å²) in [6.07, 6.45) is 2.43. The molecule has 0 heterocycles. The van der Waals surface area contributed by atoms with E-state index in [1.165, 1.54) is 0 Å². The van der Waals surface area contributed by atoms with Crippen LogP contribution in [0.25, 0.3) is 0 Å². The number of carbonyl (C=O) groups is 2. The van der Waals surface area contributed by atoms with Crippen LogP contribution in [0.5, 0.6) is 5.75 Å². The number of rotatable bonds is 11. The van der Waals surface area contributed by atoms with Crippen molar-refractivity contribution in [1.29, 1.82) is 0 Å². The standard InChI is InChI=1S/C26H35ClN2O3/c1-6-8-13-28-26(31)23(7-2)29(16-21-11-9-18(3)10-12-21)24(30)17-32-22-14-19(4)25(27)20(5)15-22/h9-12,14-15,23H,6-8,13,16-17H2,1-5H3,(H,28,31). The third-order valence-electron chi connectivity index (χ3n) is 5.46. The summed E-state index contributed by atoms with van der Waals surface area (Å²) in [7, 11) is 0. The van der Waals surface area contributed by atoms with Gasteiger partial charge in [-0.1, -0.05) is 61.7 Å². The van der Waals surface area contributed by atoms with E-state index in [-0.39, 0.29) is 18.4 Å². The monoisotopic (exact) mass is 458 g/mol. The van der Waals surface area contributed by atoms with Gasteiger partial charge in [0.2, 0.25) is 5.91 Å². The maximum Gasteiger partial charge on any atom is 0.261 e. The molecule has 1 atom stereocenters. The number of aryl methyl sites for hydroxylation is 3. The summed E-state index contributed by atoms with van der Waals surface area (Å²) in [5, 5.41) is 3.67. The van der Waals surface area contributed by atoms with Crippen LogP contribution in [0.2, 0.25) is 5.02 Å². The fourth-order valence-corrected chi connectivity index (χ4v) is 3.64. The molecule has 174 valence electrons. The third kappa shape index (κ3) is 7.27. The molecule has 0 aromatic heterocycles. The molecule has 0 saturated heterocycles. The lowest BCUT2D eigenvalue weighted by atomic mass is 10.1. The minimum absolute atomic E-state index is 0.125. The van der Waals surface area contributed by atoms with Gasteiger partial charge in [-0.3, -0.25) is 9.59 Å². The van der Waals surface area contributed by atoms with E-state index >= 15 is 0 Å². The first-order chi connectivity index (χ1) is 15.3. The molecule has 2 rings (SSSR count). The SMILES string of the molecule is CCCCNC(=O)C(CC)N(Cc1ccc(C)cc1)C(=O)COc1cc(C)c(Cl)c(C)c1. The molecule has 6 heteroatoms. The highest BCUT2D eigenvalue weighted by atomic mass is 35.5. The van der Waals surface area contributed by atoms with Crippen molar-refractivity contribution in [1.82, 2.24) is 10.2 Å². The Morgan fingerprint density at radius 3 is 2.25 bits per heavy atom. The van der Waals surface area contributed by atoms with E-state index in [2.05, 4.69) is 12.2 Å². The first-order valence-corrected chi connectivity index (χ1v) is 11.7. The van der Waals surface area contributed by atoms with Crippen LogP contribution in [0.1, 0.15) is 55.4 Å². The summed E-state index contributed by atoms with van der Waals surface area (Å²) in [4.78, 5) is 27.8. The topological polar surface area (TPSA) is 58.6 Å². The molecule has 2 aromatic rings. The van der Waals surface area contributed by atoms with Gasteiger partial charge >= 0.3 is 0 Å². The minimum atomic E-state index is -0.557. The summed E-state index contributed by atoms with van der Waals surface area (Å²) in [6, 6.07) is 11.1. The van der Waals surface area contributed by atoms with E-state index in [1.54, 1.807) is 4.90 Å². The highest BCUT2D eigenvalue weighted by Gasteiger charge is 2.28. The second kappa shape index (κ2) is 12.5. The number of ether oxygens (including phenoxy) is 1. The van der Waals surface area contributed by atoms with Crippen LogP contribution < -0.4 is 10.1 Å². The van der Waals surface area contributed by atoms with Gasteiger partial charge < -0.3 is 15.0 Å². The van der Waals surface area contributed by atoms with Crippen LogP contribution in [0.3, 0.4) is 0 Å². The van der Waals surface area contributed by atoms with E-state index in [9.17, 15) is 9.59 Å². The molecule has 2 aromatic carbocycles. The van der Waals surface area contributed by atoms with Crippen molar-refractivity contribution in [3.63, 3.8) is 0 Å². The highest BCUT2D eigenvalue weighted by Crippen LogP contribution is 2.26. The molecular weight excluding hydrogens is 424 g/mol. The smallest absolute Gasteiger partial charge is 0.261 e. The van der Waals surface area contributed by atoms with Crippen LogP contribution in [-0.4, -0.2) is 35.9 Å². The van der Waals surface area contributed by atoms with Gasteiger partial charge in [0.1, 0.15) is 11.8 Å². The molecule has 32 heavy (non-hydrogen) atoms. The van der Waals surface area contributed by atoms with Gasteiger partial charge in [0.15, 0.2) is 6.61 Å². The summed E-state index contributed by atoms with van der Waals surface area (Å²) in [6.45, 7) is 10.6. The maximum atomic E-state index is 13.3. The number of hydrogen-bond acceptors (Lipinski definition) is 3. The lowest BCUT2D eigenvalue weighted by molar-refractivity contribution is -0.143. The number of halogens is 1. The fraction of sp³-hybridized carbons (Fsp3) is 0.462. The average molecular weight is 459 g/mol. The first-order valence-electron chi connectivity index (χ1n) is 11.3. The van der Waals surface area contributed by atoms with Gasteiger partial charge in [-0.2, -0.15) is 0 Å². The molecule has 0 bridgehead atoms. The van der Waals surface area contributed by atoms with Gasteiger partial charge in [-0.05, 0) is 62.4 Å². The van der Waals surface area contributed by atoms with Crippen molar-refractivity contribution in [3.05, 3.63) is 63.7 Å². The number of unbranched alkanes of at least 4 members (excludes halogenated alkanes) is 1. The molecule has 0 saturated carbocycles. The van der Waals surface area contributed by atoms with Gasteiger partial charge in [0, 0.05) is 18.1 Å². The summed E-state index contributed by atoms with van der Waals surface area (Å²) < 4.78 is 5.81. The van der Waals surface area contributed by atoms with Crippen molar-refractivity contribution >= 4 is 23.4 Å². The zero-order chi connectivity index (χ0) is 23.7. The number of amides is 2. The van der Waals surface area contributed by atoms with Crippen LogP contribution in [-0.2, 0) is 16.1 Å². The minimum Gasteiger partial charge on any atom is -0.484 e. The first kappa shape index (κ1) is 25.7. The maximum absolute atomic E-state index is 13.3.